The summed E-state index contributed by atoms with van der Waals surface area (Å²) in [6, 6.07) is -0.465. The largest absolute Gasteiger partial charge is 0.345 e. The van der Waals surface area contributed by atoms with Crippen LogP contribution in [-0.4, -0.2) is 17.1 Å². The van der Waals surface area contributed by atoms with Gasteiger partial charge < -0.3 is 5.32 Å². The van der Waals surface area contributed by atoms with E-state index in [4.69, 9.17) is 0 Å². The van der Waals surface area contributed by atoms with Crippen LogP contribution in [0.1, 0.15) is 39.0 Å². The molecular formula is C10H17NO2S. The van der Waals surface area contributed by atoms with Crippen molar-refractivity contribution in [2.75, 3.05) is 0 Å². The summed E-state index contributed by atoms with van der Waals surface area (Å²) in [5.74, 6) is 0.124. The van der Waals surface area contributed by atoms with Crippen LogP contribution in [0.25, 0.3) is 0 Å². The van der Waals surface area contributed by atoms with Gasteiger partial charge in [-0.15, -0.1) is 12.6 Å². The normalized spacial score (nSPS) is 20.1. The standard InChI is InChI=1S/C10H17NO2S/c1-7(10(13)14)11-9(12)8-5-3-2-4-6-8/h7-8H,2-6H2,1H3,(H,11,12)(H,13,14). The molecule has 1 atom stereocenters. The molecule has 1 amide bonds. The van der Waals surface area contributed by atoms with Crippen LogP contribution in [0.3, 0.4) is 0 Å². The highest BCUT2D eigenvalue weighted by Gasteiger charge is 2.23. The molecule has 0 aliphatic heterocycles. The van der Waals surface area contributed by atoms with E-state index in [1.54, 1.807) is 6.92 Å². The highest BCUT2D eigenvalue weighted by molar-refractivity contribution is 7.96. The van der Waals surface area contributed by atoms with Gasteiger partial charge in [-0.05, 0) is 19.8 Å². The first-order valence-corrected chi connectivity index (χ1v) is 5.59. The van der Waals surface area contributed by atoms with Gasteiger partial charge in [-0.1, -0.05) is 19.3 Å². The molecule has 0 spiro atoms. The Hall–Kier alpha value is -0.510. The Morgan fingerprint density at radius 3 is 2.36 bits per heavy atom. The van der Waals surface area contributed by atoms with E-state index in [2.05, 4.69) is 17.9 Å². The molecule has 0 saturated heterocycles. The average Bonchev–Trinajstić information content (AvgIpc) is 2.19. The van der Waals surface area contributed by atoms with E-state index in [0.717, 1.165) is 25.7 Å². The third-order valence-corrected chi connectivity index (χ3v) is 3.09. The van der Waals surface area contributed by atoms with Crippen molar-refractivity contribution < 1.29 is 9.59 Å². The Kier molecular flexibility index (Phi) is 4.45. The molecular weight excluding hydrogens is 198 g/mol. The van der Waals surface area contributed by atoms with Crippen molar-refractivity contribution in [3.05, 3.63) is 0 Å². The SMILES string of the molecule is CC(NC(=O)C1CCCCC1)C(=O)S. The third-order valence-electron chi connectivity index (χ3n) is 2.71. The lowest BCUT2D eigenvalue weighted by molar-refractivity contribution is -0.128. The van der Waals surface area contributed by atoms with Gasteiger partial charge in [0, 0.05) is 5.92 Å². The highest BCUT2D eigenvalue weighted by Crippen LogP contribution is 2.23. The molecule has 0 radical (unpaired) electrons. The van der Waals surface area contributed by atoms with Crippen molar-refractivity contribution >= 4 is 23.7 Å². The van der Waals surface area contributed by atoms with E-state index in [1.807, 2.05) is 0 Å². The number of rotatable bonds is 3. The van der Waals surface area contributed by atoms with Crippen molar-refractivity contribution in [3.63, 3.8) is 0 Å². The monoisotopic (exact) mass is 215 g/mol. The molecule has 3 nitrogen and oxygen atoms in total. The van der Waals surface area contributed by atoms with E-state index in [0.29, 0.717) is 0 Å². The van der Waals surface area contributed by atoms with Gasteiger partial charge >= 0.3 is 0 Å². The zero-order chi connectivity index (χ0) is 10.6. The molecule has 1 aliphatic carbocycles. The van der Waals surface area contributed by atoms with Gasteiger partial charge in [-0.3, -0.25) is 9.59 Å². The van der Waals surface area contributed by atoms with E-state index in [-0.39, 0.29) is 16.9 Å². The van der Waals surface area contributed by atoms with Gasteiger partial charge in [-0.25, -0.2) is 0 Å². The average molecular weight is 215 g/mol. The molecule has 80 valence electrons. The molecule has 1 unspecified atom stereocenters. The molecule has 1 rings (SSSR count). The van der Waals surface area contributed by atoms with Crippen LogP contribution in [0.15, 0.2) is 0 Å². The van der Waals surface area contributed by atoms with Crippen LogP contribution in [0.4, 0.5) is 0 Å². The van der Waals surface area contributed by atoms with Gasteiger partial charge in [0.1, 0.15) is 0 Å². The van der Waals surface area contributed by atoms with Gasteiger partial charge in [0.25, 0.3) is 0 Å². The lowest BCUT2D eigenvalue weighted by atomic mass is 9.88. The van der Waals surface area contributed by atoms with Crippen molar-refractivity contribution in [2.45, 2.75) is 45.1 Å². The Morgan fingerprint density at radius 2 is 1.86 bits per heavy atom. The van der Waals surface area contributed by atoms with Gasteiger partial charge in [0.2, 0.25) is 11.0 Å². The second-order valence-electron chi connectivity index (χ2n) is 3.90. The number of thiol groups is 1. The maximum absolute atomic E-state index is 11.6. The summed E-state index contributed by atoms with van der Waals surface area (Å²) >= 11 is 3.68. The number of nitrogens with one attached hydrogen (secondary N) is 1. The summed E-state index contributed by atoms with van der Waals surface area (Å²) in [6.07, 6.45) is 5.39. The van der Waals surface area contributed by atoms with E-state index in [1.165, 1.54) is 6.42 Å². The van der Waals surface area contributed by atoms with Crippen molar-refractivity contribution in [3.8, 4) is 0 Å². The molecule has 14 heavy (non-hydrogen) atoms. The molecule has 1 saturated carbocycles. The fourth-order valence-corrected chi connectivity index (χ4v) is 1.82. The maximum atomic E-state index is 11.6. The predicted octanol–water partition coefficient (Wildman–Crippen LogP) is 1.53. The summed E-state index contributed by atoms with van der Waals surface area (Å²) in [4.78, 5) is 22.4. The molecule has 0 aromatic carbocycles. The molecule has 1 aliphatic rings. The van der Waals surface area contributed by atoms with E-state index < -0.39 is 6.04 Å². The van der Waals surface area contributed by atoms with Crippen LogP contribution in [-0.2, 0) is 9.59 Å². The van der Waals surface area contributed by atoms with Gasteiger partial charge in [0.05, 0.1) is 6.04 Å². The minimum atomic E-state index is -0.465. The lowest BCUT2D eigenvalue weighted by Crippen LogP contribution is -2.40. The number of hydrogen-bond donors (Lipinski definition) is 2. The first-order chi connectivity index (χ1) is 6.61. The first-order valence-electron chi connectivity index (χ1n) is 5.14. The third kappa shape index (κ3) is 3.33. The van der Waals surface area contributed by atoms with Crippen molar-refractivity contribution in [1.82, 2.24) is 5.32 Å². The van der Waals surface area contributed by atoms with Crippen LogP contribution >= 0.6 is 12.6 Å². The minimum Gasteiger partial charge on any atom is -0.345 e. The molecule has 0 aromatic heterocycles. The van der Waals surface area contributed by atoms with Gasteiger partial charge in [-0.2, -0.15) is 0 Å². The van der Waals surface area contributed by atoms with E-state index in [9.17, 15) is 9.59 Å². The fourth-order valence-electron chi connectivity index (χ4n) is 1.76. The first kappa shape index (κ1) is 11.6. The van der Waals surface area contributed by atoms with Crippen molar-refractivity contribution in [2.24, 2.45) is 5.92 Å². The molecule has 1 N–H and O–H groups in total. The zero-order valence-electron chi connectivity index (χ0n) is 8.45. The highest BCUT2D eigenvalue weighted by atomic mass is 32.1. The zero-order valence-corrected chi connectivity index (χ0v) is 9.35. The number of amides is 1. The van der Waals surface area contributed by atoms with Crippen molar-refractivity contribution in [1.29, 1.82) is 0 Å². The lowest BCUT2D eigenvalue weighted by Gasteiger charge is -2.22. The predicted molar refractivity (Wildman–Crippen MR) is 58.2 cm³/mol. The molecule has 0 aromatic rings. The Bertz CT molecular complexity index is 224. The van der Waals surface area contributed by atoms with Crippen LogP contribution in [0, 0.1) is 5.92 Å². The number of hydrogen-bond acceptors (Lipinski definition) is 2. The summed E-state index contributed by atoms with van der Waals surface area (Å²) < 4.78 is 0. The molecule has 4 heteroatoms. The number of carbonyl (C=O) groups is 2. The Balaban J connectivity index is 2.36. The molecule has 0 heterocycles. The molecule has 0 bridgehead atoms. The maximum Gasteiger partial charge on any atom is 0.223 e. The fraction of sp³-hybridized carbons (Fsp3) is 0.800. The minimum absolute atomic E-state index is 0.0135. The topological polar surface area (TPSA) is 46.2 Å². The summed E-state index contributed by atoms with van der Waals surface area (Å²) in [5, 5.41) is 2.40. The van der Waals surface area contributed by atoms with Gasteiger partial charge in [0.15, 0.2) is 0 Å². The summed E-state index contributed by atoms with van der Waals surface area (Å²) in [6.45, 7) is 1.66. The smallest absolute Gasteiger partial charge is 0.223 e. The summed E-state index contributed by atoms with van der Waals surface area (Å²) in [7, 11) is 0. The summed E-state index contributed by atoms with van der Waals surface area (Å²) in [5.41, 5.74) is 0. The van der Waals surface area contributed by atoms with E-state index >= 15 is 0 Å². The van der Waals surface area contributed by atoms with Crippen LogP contribution in [0.5, 0.6) is 0 Å². The second-order valence-corrected chi connectivity index (χ2v) is 4.34. The Labute approximate surface area is 90.0 Å². The molecule has 1 fully saturated rings. The Morgan fingerprint density at radius 1 is 1.29 bits per heavy atom. The quantitative estimate of drug-likeness (QED) is 0.701. The van der Waals surface area contributed by atoms with Crippen LogP contribution in [0.2, 0.25) is 0 Å². The van der Waals surface area contributed by atoms with Crippen LogP contribution < -0.4 is 5.32 Å². The number of carbonyl (C=O) groups excluding carboxylic acids is 2. The second kappa shape index (κ2) is 5.39.